The number of hydrogen-bond donors (Lipinski definition) is 2. The van der Waals surface area contributed by atoms with E-state index in [4.69, 9.17) is 5.73 Å². The molecule has 1 aromatic carbocycles. The van der Waals surface area contributed by atoms with Gasteiger partial charge in [-0.2, -0.15) is 0 Å². The van der Waals surface area contributed by atoms with Gasteiger partial charge in [-0.05, 0) is 12.1 Å². The Bertz CT molecular complexity index is 425. The van der Waals surface area contributed by atoms with E-state index in [1.54, 1.807) is 0 Å². The van der Waals surface area contributed by atoms with Gasteiger partial charge in [-0.15, -0.1) is 37.1 Å². The first-order chi connectivity index (χ1) is 8.42. The number of rotatable bonds is 4. The average molecular weight is 393 g/mol. The zero-order valence-corrected chi connectivity index (χ0v) is 11.9. The molecule has 3 N–H and O–H groups in total. The number of ether oxygens (including phenoxy) is 1. The first kappa shape index (κ1) is 17.7. The Kier molecular flexibility index (Phi) is 7.49. The van der Waals surface area contributed by atoms with Crippen molar-refractivity contribution in [3.8, 4) is 5.75 Å². The molecule has 0 unspecified atom stereocenters. The molecular formula is C10H12F4IN3O. The van der Waals surface area contributed by atoms with Crippen LogP contribution in [0.1, 0.15) is 0 Å². The van der Waals surface area contributed by atoms with E-state index >= 15 is 0 Å². The van der Waals surface area contributed by atoms with Crippen molar-refractivity contribution in [3.63, 3.8) is 0 Å². The predicted molar refractivity (Wildman–Crippen MR) is 74.6 cm³/mol. The van der Waals surface area contributed by atoms with Crippen LogP contribution in [0.2, 0.25) is 0 Å². The smallest absolute Gasteiger partial charge is 0.404 e. The summed E-state index contributed by atoms with van der Waals surface area (Å²) in [6, 6.07) is 5.33. The molecule has 0 saturated heterocycles. The topological polar surface area (TPSA) is 59.6 Å². The van der Waals surface area contributed by atoms with Gasteiger partial charge in [0.1, 0.15) is 6.67 Å². The van der Waals surface area contributed by atoms with E-state index < -0.39 is 18.8 Å². The molecule has 1 rings (SSSR count). The molecule has 0 heterocycles. The van der Waals surface area contributed by atoms with Crippen molar-refractivity contribution in [2.45, 2.75) is 6.36 Å². The first-order valence-electron chi connectivity index (χ1n) is 4.90. The summed E-state index contributed by atoms with van der Waals surface area (Å²) in [5.41, 5.74) is 5.36. The van der Waals surface area contributed by atoms with E-state index in [2.05, 4.69) is 15.0 Å². The Morgan fingerprint density at radius 2 is 1.95 bits per heavy atom. The highest BCUT2D eigenvalue weighted by Crippen LogP contribution is 2.29. The standard InChI is InChI=1S/C10H11F4N3O.HI/c11-5-6-16-9(15)17-7-3-1-2-4-8(7)18-10(12,13)14;/h1-4H,5-6H2,(H3,15,16,17);1H. The molecule has 0 amide bonds. The van der Waals surface area contributed by atoms with Gasteiger partial charge in [0.05, 0.1) is 12.2 Å². The van der Waals surface area contributed by atoms with Crippen molar-refractivity contribution in [1.82, 2.24) is 0 Å². The maximum absolute atomic E-state index is 12.1. The van der Waals surface area contributed by atoms with Crippen LogP contribution in [-0.2, 0) is 0 Å². The fraction of sp³-hybridized carbons (Fsp3) is 0.300. The quantitative estimate of drug-likeness (QED) is 0.358. The van der Waals surface area contributed by atoms with Crippen molar-refractivity contribution < 1.29 is 22.3 Å². The van der Waals surface area contributed by atoms with Crippen molar-refractivity contribution >= 4 is 35.6 Å². The molecule has 19 heavy (non-hydrogen) atoms. The van der Waals surface area contributed by atoms with E-state index in [9.17, 15) is 17.6 Å². The molecule has 0 fully saturated rings. The SMILES string of the molecule is I.NC(=NCCF)Nc1ccccc1OC(F)(F)F. The summed E-state index contributed by atoms with van der Waals surface area (Å²) in [6.07, 6.45) is -4.80. The van der Waals surface area contributed by atoms with E-state index in [1.807, 2.05) is 0 Å². The fourth-order valence-corrected chi connectivity index (χ4v) is 1.12. The summed E-state index contributed by atoms with van der Waals surface area (Å²) < 4.78 is 51.9. The highest BCUT2D eigenvalue weighted by molar-refractivity contribution is 14.0. The number of para-hydroxylation sites is 2. The normalized spacial score (nSPS) is 11.7. The summed E-state index contributed by atoms with van der Waals surface area (Å²) in [7, 11) is 0. The average Bonchev–Trinajstić information content (AvgIpc) is 2.27. The monoisotopic (exact) mass is 393 g/mol. The number of guanidine groups is 1. The zero-order chi connectivity index (χ0) is 13.6. The lowest BCUT2D eigenvalue weighted by atomic mass is 10.3. The number of hydrogen-bond acceptors (Lipinski definition) is 2. The third-order valence-corrected chi connectivity index (χ3v) is 1.74. The minimum absolute atomic E-state index is 0. The van der Waals surface area contributed by atoms with Crippen LogP contribution in [0.3, 0.4) is 0 Å². The Labute approximate surface area is 124 Å². The molecule has 0 aliphatic rings. The van der Waals surface area contributed by atoms with Gasteiger partial charge in [-0.3, -0.25) is 4.99 Å². The maximum Gasteiger partial charge on any atom is 0.573 e. The molecule has 4 nitrogen and oxygen atoms in total. The molecule has 0 spiro atoms. The van der Waals surface area contributed by atoms with Crippen molar-refractivity contribution in [1.29, 1.82) is 0 Å². The molecule has 0 atom stereocenters. The Morgan fingerprint density at radius 3 is 2.53 bits per heavy atom. The summed E-state index contributed by atoms with van der Waals surface area (Å²) in [5, 5.41) is 2.40. The van der Waals surface area contributed by atoms with E-state index in [0.717, 1.165) is 6.07 Å². The largest absolute Gasteiger partial charge is 0.573 e. The molecule has 0 aliphatic carbocycles. The lowest BCUT2D eigenvalue weighted by Gasteiger charge is -2.13. The number of nitrogens with one attached hydrogen (secondary N) is 1. The van der Waals surface area contributed by atoms with Gasteiger partial charge in [0.2, 0.25) is 0 Å². The molecule has 0 radical (unpaired) electrons. The number of aliphatic imine (C=N–C) groups is 1. The number of halogens is 5. The highest BCUT2D eigenvalue weighted by Gasteiger charge is 2.32. The third-order valence-electron chi connectivity index (χ3n) is 1.74. The molecule has 9 heteroatoms. The van der Waals surface area contributed by atoms with Crippen molar-refractivity contribution in [2.75, 3.05) is 18.5 Å². The van der Waals surface area contributed by atoms with E-state index in [1.165, 1.54) is 18.2 Å². The molecule has 0 aliphatic heterocycles. The summed E-state index contributed by atoms with van der Waals surface area (Å²) >= 11 is 0. The molecule has 0 saturated carbocycles. The van der Waals surface area contributed by atoms with Crippen LogP contribution in [0, 0.1) is 0 Å². The zero-order valence-electron chi connectivity index (χ0n) is 9.58. The number of benzene rings is 1. The van der Waals surface area contributed by atoms with Crippen LogP contribution < -0.4 is 15.8 Å². The third kappa shape index (κ3) is 7.03. The van der Waals surface area contributed by atoms with Gasteiger partial charge in [0.15, 0.2) is 11.7 Å². The van der Waals surface area contributed by atoms with Gasteiger partial charge in [-0.1, -0.05) is 12.1 Å². The van der Waals surface area contributed by atoms with Crippen LogP contribution >= 0.6 is 24.0 Å². The van der Waals surface area contributed by atoms with Crippen LogP contribution in [0.5, 0.6) is 5.75 Å². The second-order valence-electron chi connectivity index (χ2n) is 3.12. The van der Waals surface area contributed by atoms with Crippen LogP contribution in [-0.4, -0.2) is 25.5 Å². The molecule has 1 aromatic rings. The molecule has 0 bridgehead atoms. The minimum atomic E-state index is -4.80. The van der Waals surface area contributed by atoms with Crippen LogP contribution in [0.4, 0.5) is 23.2 Å². The van der Waals surface area contributed by atoms with Gasteiger partial charge in [-0.25, -0.2) is 4.39 Å². The minimum Gasteiger partial charge on any atom is -0.404 e. The highest BCUT2D eigenvalue weighted by atomic mass is 127. The Balaban J connectivity index is 0.00000324. The van der Waals surface area contributed by atoms with Gasteiger partial charge < -0.3 is 15.8 Å². The molecule has 108 valence electrons. The van der Waals surface area contributed by atoms with Crippen molar-refractivity contribution in [3.05, 3.63) is 24.3 Å². The predicted octanol–water partition coefficient (Wildman–Crippen LogP) is 2.90. The maximum atomic E-state index is 12.1. The second-order valence-corrected chi connectivity index (χ2v) is 3.12. The summed E-state index contributed by atoms with van der Waals surface area (Å²) in [6.45, 7) is -0.871. The first-order valence-corrected chi connectivity index (χ1v) is 4.90. The Hall–Kier alpha value is -1.26. The number of nitrogens with zero attached hydrogens (tertiary/aromatic N) is 1. The summed E-state index contributed by atoms with van der Waals surface area (Å²) in [5.74, 6) is -0.630. The second kappa shape index (κ2) is 8.02. The molecule has 0 aromatic heterocycles. The van der Waals surface area contributed by atoms with E-state index in [-0.39, 0.29) is 42.2 Å². The number of anilines is 1. The lowest BCUT2D eigenvalue weighted by Crippen LogP contribution is -2.24. The fourth-order valence-electron chi connectivity index (χ4n) is 1.12. The van der Waals surface area contributed by atoms with Gasteiger partial charge in [0, 0.05) is 0 Å². The van der Waals surface area contributed by atoms with E-state index in [0.29, 0.717) is 0 Å². The van der Waals surface area contributed by atoms with Gasteiger partial charge in [0.25, 0.3) is 0 Å². The van der Waals surface area contributed by atoms with Crippen LogP contribution in [0.25, 0.3) is 0 Å². The lowest BCUT2D eigenvalue weighted by molar-refractivity contribution is -0.274. The number of alkyl halides is 4. The molecular weight excluding hydrogens is 381 g/mol. The van der Waals surface area contributed by atoms with Crippen molar-refractivity contribution in [2.24, 2.45) is 10.7 Å². The van der Waals surface area contributed by atoms with Crippen LogP contribution in [0.15, 0.2) is 29.3 Å². The summed E-state index contributed by atoms with van der Waals surface area (Å²) in [4.78, 5) is 3.55. The number of nitrogens with two attached hydrogens (primary N) is 1. The Morgan fingerprint density at radius 1 is 1.32 bits per heavy atom. The van der Waals surface area contributed by atoms with Gasteiger partial charge >= 0.3 is 6.36 Å².